The molecule has 0 bridgehead atoms. The van der Waals surface area contributed by atoms with Crippen LogP contribution in [0.25, 0.3) is 0 Å². The van der Waals surface area contributed by atoms with Gasteiger partial charge in [-0.05, 0) is 18.7 Å². The van der Waals surface area contributed by atoms with E-state index in [4.69, 9.17) is 5.73 Å². The average molecular weight is 163 g/mol. The summed E-state index contributed by atoms with van der Waals surface area (Å²) in [5, 5.41) is 0. The summed E-state index contributed by atoms with van der Waals surface area (Å²) in [6.45, 7) is 3.00. The van der Waals surface area contributed by atoms with Crippen molar-refractivity contribution in [1.82, 2.24) is 4.98 Å². The fraction of sp³-hybridized carbons (Fsp3) is 0.444. The molecule has 1 aromatic rings. The Morgan fingerprint density at radius 1 is 1.42 bits per heavy atom. The molecule has 0 saturated carbocycles. The molecule has 1 aliphatic heterocycles. The van der Waals surface area contributed by atoms with Gasteiger partial charge in [0.1, 0.15) is 0 Å². The van der Waals surface area contributed by atoms with Crippen LogP contribution in [-0.2, 0) is 0 Å². The molecule has 1 aliphatic rings. The highest BCUT2D eigenvalue weighted by Crippen LogP contribution is 2.22. The number of pyridine rings is 1. The molecule has 0 amide bonds. The third kappa shape index (κ3) is 1.28. The summed E-state index contributed by atoms with van der Waals surface area (Å²) < 4.78 is 0. The Kier molecular flexibility index (Phi) is 1.96. The second kappa shape index (κ2) is 3.11. The van der Waals surface area contributed by atoms with Crippen LogP contribution in [0.15, 0.2) is 24.5 Å². The summed E-state index contributed by atoms with van der Waals surface area (Å²) in [6, 6.07) is 4.07. The van der Waals surface area contributed by atoms with Gasteiger partial charge in [-0.25, -0.2) is 0 Å². The zero-order valence-electron chi connectivity index (χ0n) is 6.98. The van der Waals surface area contributed by atoms with E-state index in [2.05, 4.69) is 9.88 Å². The normalized spacial score (nSPS) is 17.6. The molecule has 2 rings (SSSR count). The molecule has 0 spiro atoms. The molecular weight excluding hydrogens is 150 g/mol. The maximum Gasteiger partial charge on any atom is 0.0397 e. The van der Waals surface area contributed by atoms with Crippen LogP contribution >= 0.6 is 0 Å². The van der Waals surface area contributed by atoms with Crippen LogP contribution in [-0.4, -0.2) is 24.6 Å². The lowest BCUT2D eigenvalue weighted by Crippen LogP contribution is -2.49. The topological polar surface area (TPSA) is 42.1 Å². The third-order valence-electron chi connectivity index (χ3n) is 2.32. The molecule has 3 nitrogen and oxygen atoms in total. The minimum atomic E-state index is 0.693. The molecule has 64 valence electrons. The Hall–Kier alpha value is -1.09. The van der Waals surface area contributed by atoms with Gasteiger partial charge in [0, 0.05) is 37.1 Å². The lowest BCUT2D eigenvalue weighted by atomic mass is 10.00. The van der Waals surface area contributed by atoms with Crippen molar-refractivity contribution >= 4 is 5.69 Å². The van der Waals surface area contributed by atoms with Crippen LogP contribution in [0.1, 0.15) is 0 Å². The predicted octanol–water partition coefficient (Wildman–Crippen LogP) is 0.476. The minimum Gasteiger partial charge on any atom is -0.371 e. The van der Waals surface area contributed by atoms with Crippen LogP contribution in [0.2, 0.25) is 0 Å². The van der Waals surface area contributed by atoms with Crippen LogP contribution in [0, 0.1) is 5.92 Å². The van der Waals surface area contributed by atoms with Crippen molar-refractivity contribution in [3.05, 3.63) is 24.5 Å². The van der Waals surface area contributed by atoms with Crippen molar-refractivity contribution < 1.29 is 0 Å². The Balaban J connectivity index is 1.97. The maximum atomic E-state index is 5.54. The largest absolute Gasteiger partial charge is 0.371 e. The van der Waals surface area contributed by atoms with Gasteiger partial charge in [0.25, 0.3) is 0 Å². The third-order valence-corrected chi connectivity index (χ3v) is 2.32. The second-order valence-corrected chi connectivity index (χ2v) is 3.21. The fourth-order valence-electron chi connectivity index (χ4n) is 1.48. The fourth-order valence-corrected chi connectivity index (χ4v) is 1.48. The SMILES string of the molecule is NCC1CN(c2ccncc2)C1. The Labute approximate surface area is 72.2 Å². The maximum absolute atomic E-state index is 5.54. The molecule has 2 N–H and O–H groups in total. The van der Waals surface area contributed by atoms with Crippen molar-refractivity contribution in [3.8, 4) is 0 Å². The first-order valence-corrected chi connectivity index (χ1v) is 4.25. The van der Waals surface area contributed by atoms with Gasteiger partial charge in [0.15, 0.2) is 0 Å². The molecule has 2 heterocycles. The molecular formula is C9H13N3. The van der Waals surface area contributed by atoms with Crippen molar-refractivity contribution in [1.29, 1.82) is 0 Å². The molecule has 0 unspecified atom stereocenters. The molecule has 0 atom stereocenters. The van der Waals surface area contributed by atoms with Gasteiger partial charge in [0.2, 0.25) is 0 Å². The molecule has 0 aliphatic carbocycles. The van der Waals surface area contributed by atoms with E-state index in [1.807, 2.05) is 24.5 Å². The average Bonchev–Trinajstić information content (AvgIpc) is 2.04. The molecule has 0 radical (unpaired) electrons. The van der Waals surface area contributed by atoms with Gasteiger partial charge in [-0.15, -0.1) is 0 Å². The van der Waals surface area contributed by atoms with Crippen molar-refractivity contribution in [2.24, 2.45) is 11.7 Å². The molecule has 1 fully saturated rings. The molecule has 12 heavy (non-hydrogen) atoms. The standard InChI is InChI=1S/C9H13N3/c10-5-8-6-12(7-8)9-1-3-11-4-2-9/h1-4,8H,5-7,10H2. The number of nitrogens with zero attached hydrogens (tertiary/aromatic N) is 2. The van der Waals surface area contributed by atoms with Gasteiger partial charge in [-0.2, -0.15) is 0 Å². The number of anilines is 1. The Bertz CT molecular complexity index is 241. The summed E-state index contributed by atoms with van der Waals surface area (Å²) in [4.78, 5) is 6.29. The lowest BCUT2D eigenvalue weighted by Gasteiger charge is -2.40. The van der Waals surface area contributed by atoms with E-state index in [-0.39, 0.29) is 0 Å². The van der Waals surface area contributed by atoms with Crippen molar-refractivity contribution in [2.75, 3.05) is 24.5 Å². The van der Waals surface area contributed by atoms with Crippen LogP contribution in [0.5, 0.6) is 0 Å². The van der Waals surface area contributed by atoms with E-state index in [1.54, 1.807) is 0 Å². The molecule has 1 aromatic heterocycles. The quantitative estimate of drug-likeness (QED) is 0.689. The summed E-state index contributed by atoms with van der Waals surface area (Å²) >= 11 is 0. The molecule has 0 aromatic carbocycles. The zero-order valence-corrected chi connectivity index (χ0v) is 6.98. The highest BCUT2D eigenvalue weighted by molar-refractivity contribution is 5.47. The number of hydrogen-bond donors (Lipinski definition) is 1. The summed E-state index contributed by atoms with van der Waals surface area (Å²) in [7, 11) is 0. The van der Waals surface area contributed by atoms with Gasteiger partial charge >= 0.3 is 0 Å². The van der Waals surface area contributed by atoms with Gasteiger partial charge in [-0.1, -0.05) is 0 Å². The van der Waals surface area contributed by atoms with Gasteiger partial charge in [0.05, 0.1) is 0 Å². The van der Waals surface area contributed by atoms with Crippen LogP contribution < -0.4 is 10.6 Å². The number of hydrogen-bond acceptors (Lipinski definition) is 3. The first-order valence-electron chi connectivity index (χ1n) is 4.25. The van der Waals surface area contributed by atoms with E-state index < -0.39 is 0 Å². The van der Waals surface area contributed by atoms with Gasteiger partial charge in [-0.3, -0.25) is 4.98 Å². The first-order chi connectivity index (χ1) is 5.90. The predicted molar refractivity (Wildman–Crippen MR) is 49.0 cm³/mol. The number of nitrogens with two attached hydrogens (primary N) is 1. The van der Waals surface area contributed by atoms with Crippen LogP contribution in [0.4, 0.5) is 5.69 Å². The summed E-state index contributed by atoms with van der Waals surface area (Å²) in [5.74, 6) is 0.693. The summed E-state index contributed by atoms with van der Waals surface area (Å²) in [6.07, 6.45) is 3.65. The number of aromatic nitrogens is 1. The monoisotopic (exact) mass is 163 g/mol. The number of rotatable bonds is 2. The second-order valence-electron chi connectivity index (χ2n) is 3.21. The van der Waals surface area contributed by atoms with Crippen molar-refractivity contribution in [2.45, 2.75) is 0 Å². The van der Waals surface area contributed by atoms with Crippen molar-refractivity contribution in [3.63, 3.8) is 0 Å². The van der Waals surface area contributed by atoms with Gasteiger partial charge < -0.3 is 10.6 Å². The highest BCUT2D eigenvalue weighted by Gasteiger charge is 2.24. The lowest BCUT2D eigenvalue weighted by molar-refractivity contribution is 0.420. The Morgan fingerprint density at radius 2 is 2.08 bits per heavy atom. The zero-order chi connectivity index (χ0) is 8.39. The van der Waals surface area contributed by atoms with E-state index >= 15 is 0 Å². The van der Waals surface area contributed by atoms with E-state index in [0.29, 0.717) is 5.92 Å². The highest BCUT2D eigenvalue weighted by atomic mass is 15.2. The van der Waals surface area contributed by atoms with E-state index in [1.165, 1.54) is 5.69 Å². The van der Waals surface area contributed by atoms with E-state index in [0.717, 1.165) is 19.6 Å². The van der Waals surface area contributed by atoms with E-state index in [9.17, 15) is 0 Å². The Morgan fingerprint density at radius 3 is 2.67 bits per heavy atom. The molecule has 1 saturated heterocycles. The minimum absolute atomic E-state index is 0.693. The first kappa shape index (κ1) is 7.55. The molecule has 3 heteroatoms. The summed E-state index contributed by atoms with van der Waals surface area (Å²) in [5.41, 5.74) is 6.79. The van der Waals surface area contributed by atoms with Crippen LogP contribution in [0.3, 0.4) is 0 Å². The smallest absolute Gasteiger partial charge is 0.0397 e.